The summed E-state index contributed by atoms with van der Waals surface area (Å²) in [7, 11) is 0. The van der Waals surface area contributed by atoms with Crippen LogP contribution in [-0.4, -0.2) is 6.61 Å². The van der Waals surface area contributed by atoms with E-state index in [9.17, 15) is 17.6 Å². The molecule has 164 valence electrons. The van der Waals surface area contributed by atoms with Gasteiger partial charge < -0.3 is 4.74 Å². The van der Waals surface area contributed by atoms with Crippen LogP contribution >= 0.6 is 0 Å². The molecule has 5 heteroatoms. The second kappa shape index (κ2) is 9.15. The number of halogens is 4. The minimum absolute atomic E-state index is 0.275. The van der Waals surface area contributed by atoms with Gasteiger partial charge in [0.05, 0.1) is 5.39 Å². The third-order valence-corrected chi connectivity index (χ3v) is 7.37. The highest BCUT2D eigenvalue weighted by Crippen LogP contribution is 2.49. The number of fused-ring (bicyclic) bond motifs is 2. The van der Waals surface area contributed by atoms with E-state index in [1.807, 2.05) is 6.07 Å². The molecule has 4 rings (SSSR count). The number of benzene rings is 2. The molecule has 4 atom stereocenters. The molecule has 0 aromatic heterocycles. The molecule has 2 aromatic rings. The third kappa shape index (κ3) is 4.45. The first-order chi connectivity index (χ1) is 14.5. The maximum atomic E-state index is 14.8. The van der Waals surface area contributed by atoms with Crippen molar-refractivity contribution in [2.45, 2.75) is 77.2 Å². The Kier molecular flexibility index (Phi) is 6.54. The summed E-state index contributed by atoms with van der Waals surface area (Å²) in [5, 5.41) is 0.122. The number of hydrogen-bond acceptors (Lipinski definition) is 1. The average Bonchev–Trinajstić information content (AvgIpc) is 2.73. The molecule has 2 aliphatic rings. The van der Waals surface area contributed by atoms with Crippen LogP contribution in [0, 0.1) is 29.4 Å². The molecular weight excluding hydrogens is 392 g/mol. The zero-order valence-electron chi connectivity index (χ0n) is 17.5. The summed E-state index contributed by atoms with van der Waals surface area (Å²) in [5.74, 6) is 0.235. The summed E-state index contributed by atoms with van der Waals surface area (Å²) in [4.78, 5) is 0. The van der Waals surface area contributed by atoms with E-state index in [0.29, 0.717) is 11.3 Å². The van der Waals surface area contributed by atoms with E-state index < -0.39 is 24.0 Å². The number of alkyl halides is 2. The summed E-state index contributed by atoms with van der Waals surface area (Å²) in [5.41, 5.74) is 0.897. The van der Waals surface area contributed by atoms with Crippen LogP contribution in [0.15, 0.2) is 24.3 Å². The predicted octanol–water partition coefficient (Wildman–Crippen LogP) is 8.21. The second-order valence-corrected chi connectivity index (χ2v) is 9.21. The van der Waals surface area contributed by atoms with Gasteiger partial charge >= 0.3 is 6.61 Å². The van der Waals surface area contributed by atoms with E-state index in [0.717, 1.165) is 36.3 Å². The van der Waals surface area contributed by atoms with E-state index in [1.165, 1.54) is 57.1 Å². The standard InChI is InChI=1S/C25H30F4O/c1-2-3-4-15-5-6-17-12-18(8-7-16(17)11-15)20-13-19-9-10-22(30-25(28)29)24(27)23(19)21(26)14-20/h9-10,13-18,25H,2-8,11-12H2,1H3/t15-,16?,17-,18?/m1/s1. The Morgan fingerprint density at radius 3 is 2.53 bits per heavy atom. The van der Waals surface area contributed by atoms with Crippen molar-refractivity contribution in [3.8, 4) is 5.75 Å². The molecule has 1 nitrogen and oxygen atoms in total. The Hall–Kier alpha value is -1.78. The number of hydrogen-bond donors (Lipinski definition) is 0. The van der Waals surface area contributed by atoms with Gasteiger partial charge in [-0.05, 0) is 78.9 Å². The predicted molar refractivity (Wildman–Crippen MR) is 111 cm³/mol. The molecule has 2 unspecified atom stereocenters. The van der Waals surface area contributed by atoms with Gasteiger partial charge in [-0.15, -0.1) is 0 Å². The Morgan fingerprint density at radius 2 is 1.77 bits per heavy atom. The van der Waals surface area contributed by atoms with Crippen LogP contribution in [-0.2, 0) is 0 Å². The van der Waals surface area contributed by atoms with Crippen LogP contribution in [0.25, 0.3) is 10.8 Å². The molecule has 0 radical (unpaired) electrons. The van der Waals surface area contributed by atoms with Gasteiger partial charge in [0.25, 0.3) is 0 Å². The van der Waals surface area contributed by atoms with Gasteiger partial charge in [-0.25, -0.2) is 8.78 Å². The van der Waals surface area contributed by atoms with Crippen molar-refractivity contribution < 1.29 is 22.3 Å². The normalized spacial score (nSPS) is 26.7. The summed E-state index contributed by atoms with van der Waals surface area (Å²) >= 11 is 0. The lowest BCUT2D eigenvalue weighted by Gasteiger charge is -2.42. The fourth-order valence-corrected chi connectivity index (χ4v) is 5.84. The van der Waals surface area contributed by atoms with Gasteiger partial charge in [0, 0.05) is 0 Å². The monoisotopic (exact) mass is 422 g/mol. The molecule has 0 amide bonds. The van der Waals surface area contributed by atoms with E-state index in [1.54, 1.807) is 0 Å². The van der Waals surface area contributed by atoms with Crippen LogP contribution < -0.4 is 4.74 Å². The molecule has 2 fully saturated rings. The van der Waals surface area contributed by atoms with Gasteiger partial charge in [-0.1, -0.05) is 44.7 Å². The van der Waals surface area contributed by atoms with Crippen molar-refractivity contribution in [3.63, 3.8) is 0 Å². The number of ether oxygens (including phenoxy) is 1. The second-order valence-electron chi connectivity index (χ2n) is 9.21. The molecule has 2 saturated carbocycles. The Morgan fingerprint density at radius 1 is 1.00 bits per heavy atom. The van der Waals surface area contributed by atoms with Crippen molar-refractivity contribution in [1.82, 2.24) is 0 Å². The highest BCUT2D eigenvalue weighted by atomic mass is 19.3. The largest absolute Gasteiger partial charge is 0.432 e. The Labute approximate surface area is 175 Å². The zero-order valence-corrected chi connectivity index (χ0v) is 17.5. The Balaban J connectivity index is 1.51. The average molecular weight is 423 g/mol. The van der Waals surface area contributed by atoms with Crippen LogP contribution in [0.2, 0.25) is 0 Å². The topological polar surface area (TPSA) is 9.23 Å². The van der Waals surface area contributed by atoms with Crippen LogP contribution in [0.4, 0.5) is 17.6 Å². The van der Waals surface area contributed by atoms with E-state index in [4.69, 9.17) is 0 Å². The van der Waals surface area contributed by atoms with E-state index in [-0.39, 0.29) is 11.3 Å². The molecule has 0 bridgehead atoms. The Bertz CT molecular complexity index is 881. The highest BCUT2D eigenvalue weighted by molar-refractivity contribution is 5.86. The molecule has 0 aliphatic heterocycles. The quantitative estimate of drug-likeness (QED) is 0.426. The molecule has 30 heavy (non-hydrogen) atoms. The van der Waals surface area contributed by atoms with Crippen LogP contribution in [0.5, 0.6) is 5.75 Å². The fraction of sp³-hybridized carbons (Fsp3) is 0.600. The van der Waals surface area contributed by atoms with Crippen molar-refractivity contribution in [1.29, 1.82) is 0 Å². The maximum absolute atomic E-state index is 14.8. The van der Waals surface area contributed by atoms with Gasteiger partial charge in [0.15, 0.2) is 11.6 Å². The van der Waals surface area contributed by atoms with Gasteiger partial charge in [0.1, 0.15) is 5.82 Å². The lowest BCUT2D eigenvalue weighted by atomic mass is 9.63. The smallest absolute Gasteiger partial charge is 0.387 e. The highest BCUT2D eigenvalue weighted by Gasteiger charge is 2.36. The maximum Gasteiger partial charge on any atom is 0.387 e. The minimum Gasteiger partial charge on any atom is -0.432 e. The fourth-order valence-electron chi connectivity index (χ4n) is 5.84. The van der Waals surface area contributed by atoms with Crippen molar-refractivity contribution in [2.24, 2.45) is 17.8 Å². The lowest BCUT2D eigenvalue weighted by Crippen LogP contribution is -2.30. The van der Waals surface area contributed by atoms with Gasteiger partial charge in [-0.2, -0.15) is 8.78 Å². The first kappa shape index (κ1) is 21.5. The summed E-state index contributed by atoms with van der Waals surface area (Å²) in [6, 6.07) is 5.84. The lowest BCUT2D eigenvalue weighted by molar-refractivity contribution is -0.0520. The van der Waals surface area contributed by atoms with Crippen molar-refractivity contribution in [2.75, 3.05) is 0 Å². The summed E-state index contributed by atoms with van der Waals surface area (Å²) < 4.78 is 58.4. The zero-order chi connectivity index (χ0) is 21.3. The molecule has 2 aromatic carbocycles. The minimum atomic E-state index is -3.15. The molecule has 0 saturated heterocycles. The number of rotatable bonds is 6. The van der Waals surface area contributed by atoms with Crippen LogP contribution in [0.3, 0.4) is 0 Å². The van der Waals surface area contributed by atoms with Crippen LogP contribution in [0.1, 0.15) is 76.2 Å². The van der Waals surface area contributed by atoms with Gasteiger partial charge in [-0.3, -0.25) is 0 Å². The van der Waals surface area contributed by atoms with E-state index in [2.05, 4.69) is 11.7 Å². The molecule has 2 aliphatic carbocycles. The van der Waals surface area contributed by atoms with Gasteiger partial charge in [0.2, 0.25) is 0 Å². The number of unbranched alkanes of at least 4 members (excludes halogenated alkanes) is 1. The molecular formula is C25H30F4O. The third-order valence-electron chi connectivity index (χ3n) is 7.37. The first-order valence-electron chi connectivity index (χ1n) is 11.3. The van der Waals surface area contributed by atoms with Crippen molar-refractivity contribution in [3.05, 3.63) is 41.5 Å². The first-order valence-corrected chi connectivity index (χ1v) is 11.3. The molecule has 0 spiro atoms. The van der Waals surface area contributed by atoms with Crippen molar-refractivity contribution >= 4 is 10.8 Å². The molecule has 0 N–H and O–H groups in total. The van der Waals surface area contributed by atoms with E-state index >= 15 is 0 Å². The molecule has 0 heterocycles. The SMILES string of the molecule is CCCC[C@@H]1CC[C@@H]2CC(c3cc(F)c4c(F)c(OC(F)F)ccc4c3)CCC2C1. The summed E-state index contributed by atoms with van der Waals surface area (Å²) in [6.07, 6.45) is 11.1. The summed E-state index contributed by atoms with van der Waals surface area (Å²) in [6.45, 7) is -0.899.